The number of rotatable bonds is 5. The molecule has 2 heterocycles. The Hall–Kier alpha value is -2.55. The van der Waals surface area contributed by atoms with Crippen molar-refractivity contribution < 1.29 is 23.7 Å². The first-order valence-corrected chi connectivity index (χ1v) is 10.9. The zero-order valence-electron chi connectivity index (χ0n) is 17.2. The van der Waals surface area contributed by atoms with Gasteiger partial charge in [-0.2, -0.15) is 0 Å². The number of hydrogen-bond donors (Lipinski definition) is 0. The second-order valence-electron chi connectivity index (χ2n) is 7.42. The van der Waals surface area contributed by atoms with E-state index in [1.807, 2.05) is 61.5 Å². The highest BCUT2D eigenvalue weighted by Gasteiger charge is 2.51. The molecule has 2 saturated heterocycles. The normalized spacial score (nSPS) is 30.0. The Morgan fingerprint density at radius 1 is 1.16 bits per heavy atom. The van der Waals surface area contributed by atoms with Crippen molar-refractivity contribution in [1.82, 2.24) is 0 Å². The lowest BCUT2D eigenvalue weighted by Gasteiger charge is -2.47. The van der Waals surface area contributed by atoms with E-state index >= 15 is 0 Å². The van der Waals surface area contributed by atoms with Gasteiger partial charge < -0.3 is 18.9 Å². The van der Waals surface area contributed by atoms with Gasteiger partial charge in [0.25, 0.3) is 0 Å². The summed E-state index contributed by atoms with van der Waals surface area (Å²) >= 11 is 1.42. The first-order valence-electron chi connectivity index (χ1n) is 9.97. The molecular formula is C22H23N3O5S. The molecule has 162 valence electrons. The summed E-state index contributed by atoms with van der Waals surface area (Å²) in [5.74, 6) is -0.478. The molecule has 0 saturated carbocycles. The van der Waals surface area contributed by atoms with Gasteiger partial charge in [0.05, 0.1) is 6.61 Å². The lowest BCUT2D eigenvalue weighted by atomic mass is 9.97. The number of carbonyl (C=O) groups is 1. The summed E-state index contributed by atoms with van der Waals surface area (Å²) in [4.78, 5) is 15.8. The van der Waals surface area contributed by atoms with Crippen molar-refractivity contribution in [3.8, 4) is 0 Å². The Labute approximate surface area is 184 Å². The number of ether oxygens (including phenoxy) is 4. The number of benzene rings is 2. The second-order valence-corrected chi connectivity index (χ2v) is 8.59. The molecule has 2 aromatic carbocycles. The molecule has 0 bridgehead atoms. The van der Waals surface area contributed by atoms with Crippen LogP contribution in [-0.4, -0.2) is 42.4 Å². The number of nitrogens with zero attached hydrogens (tertiary/aromatic N) is 3. The Morgan fingerprint density at radius 3 is 2.58 bits per heavy atom. The highest BCUT2D eigenvalue weighted by Crippen LogP contribution is 2.41. The molecule has 0 spiro atoms. The lowest BCUT2D eigenvalue weighted by molar-refractivity contribution is -0.306. The summed E-state index contributed by atoms with van der Waals surface area (Å²) in [5.41, 5.74) is 10.6. The van der Waals surface area contributed by atoms with Crippen molar-refractivity contribution in [3.63, 3.8) is 0 Å². The number of hydrogen-bond acceptors (Lipinski definition) is 7. The van der Waals surface area contributed by atoms with Gasteiger partial charge in [0.15, 0.2) is 6.29 Å². The van der Waals surface area contributed by atoms with Crippen LogP contribution in [0.2, 0.25) is 0 Å². The van der Waals surface area contributed by atoms with E-state index in [4.69, 9.17) is 18.9 Å². The van der Waals surface area contributed by atoms with E-state index in [-0.39, 0.29) is 6.61 Å². The smallest absolute Gasteiger partial charge is 0.303 e. The molecule has 8 nitrogen and oxygen atoms in total. The van der Waals surface area contributed by atoms with E-state index < -0.39 is 42.0 Å². The molecule has 6 atom stereocenters. The van der Waals surface area contributed by atoms with Crippen molar-refractivity contribution in [2.45, 2.75) is 54.8 Å². The molecule has 0 aliphatic carbocycles. The topological polar surface area (TPSA) is 103 Å². The number of esters is 1. The first kappa shape index (κ1) is 21.7. The van der Waals surface area contributed by atoms with E-state index in [0.29, 0.717) is 0 Å². The van der Waals surface area contributed by atoms with Crippen LogP contribution in [0.5, 0.6) is 0 Å². The van der Waals surface area contributed by atoms with Gasteiger partial charge in [-0.25, -0.2) is 0 Å². The molecule has 2 aliphatic heterocycles. The van der Waals surface area contributed by atoms with Gasteiger partial charge in [0.2, 0.25) is 0 Å². The zero-order valence-corrected chi connectivity index (χ0v) is 18.0. The number of aryl methyl sites for hydroxylation is 1. The summed E-state index contributed by atoms with van der Waals surface area (Å²) in [6.07, 6.45) is -2.53. The fourth-order valence-electron chi connectivity index (χ4n) is 3.70. The van der Waals surface area contributed by atoms with Crippen LogP contribution in [0.15, 0.2) is 64.6 Å². The number of azide groups is 1. The third kappa shape index (κ3) is 5.03. The molecule has 0 radical (unpaired) electrons. The summed E-state index contributed by atoms with van der Waals surface area (Å²) in [6.45, 7) is 3.60. The van der Waals surface area contributed by atoms with Crippen LogP contribution in [0, 0.1) is 6.92 Å². The fourth-order valence-corrected chi connectivity index (χ4v) is 4.80. The van der Waals surface area contributed by atoms with Gasteiger partial charge in [-0.05, 0) is 24.6 Å². The van der Waals surface area contributed by atoms with E-state index in [1.54, 1.807) is 0 Å². The van der Waals surface area contributed by atoms with Crippen LogP contribution in [-0.2, 0) is 23.7 Å². The van der Waals surface area contributed by atoms with E-state index in [9.17, 15) is 10.3 Å². The fraction of sp³-hybridized carbons (Fsp3) is 0.409. The highest BCUT2D eigenvalue weighted by molar-refractivity contribution is 7.99. The zero-order chi connectivity index (χ0) is 21.8. The quantitative estimate of drug-likeness (QED) is 0.292. The van der Waals surface area contributed by atoms with Crippen LogP contribution in [0.3, 0.4) is 0 Å². The SMILES string of the molecule is CC(=O)O[C@@H]1[C@@H](N=[N+]=[N-])[C@@H](Sc2ccc(C)cc2)O[C@@H]2CO[C@H](c3ccccc3)O[C@H]12. The van der Waals surface area contributed by atoms with E-state index in [1.165, 1.54) is 18.7 Å². The lowest BCUT2D eigenvalue weighted by Crippen LogP contribution is -2.61. The molecule has 2 fully saturated rings. The summed E-state index contributed by atoms with van der Waals surface area (Å²) in [7, 11) is 0. The van der Waals surface area contributed by atoms with Gasteiger partial charge in [-0.3, -0.25) is 4.79 Å². The first-order chi connectivity index (χ1) is 15.0. The average molecular weight is 442 g/mol. The summed E-state index contributed by atoms with van der Waals surface area (Å²) < 4.78 is 23.9. The van der Waals surface area contributed by atoms with Gasteiger partial charge >= 0.3 is 5.97 Å². The van der Waals surface area contributed by atoms with Crippen molar-refractivity contribution in [2.75, 3.05) is 6.61 Å². The minimum absolute atomic E-state index is 0.260. The molecular weight excluding hydrogens is 418 g/mol. The summed E-state index contributed by atoms with van der Waals surface area (Å²) in [5, 5.41) is 3.94. The molecule has 4 rings (SSSR count). The molecule has 0 N–H and O–H groups in total. The number of fused-ring (bicyclic) bond motifs is 1. The standard InChI is InChI=1S/C22H23N3O5S/c1-13-8-10-16(11-9-13)31-22-18(24-25-23)20(28-14(2)26)19-17(29-22)12-27-21(30-19)15-6-4-3-5-7-15/h3-11,17-22H,12H2,1-2H3/t17-,18-,19+,20-,21+,22-/m1/s1. The van der Waals surface area contributed by atoms with Crippen molar-refractivity contribution in [3.05, 3.63) is 76.2 Å². The van der Waals surface area contributed by atoms with Crippen molar-refractivity contribution in [1.29, 1.82) is 0 Å². The maximum absolute atomic E-state index is 11.9. The highest BCUT2D eigenvalue weighted by atomic mass is 32.2. The van der Waals surface area contributed by atoms with Crippen molar-refractivity contribution in [2.24, 2.45) is 5.11 Å². The predicted molar refractivity (Wildman–Crippen MR) is 114 cm³/mol. The third-order valence-electron chi connectivity index (χ3n) is 5.14. The minimum atomic E-state index is -0.801. The minimum Gasteiger partial charge on any atom is -0.459 e. The molecule has 0 unspecified atom stereocenters. The average Bonchev–Trinajstić information content (AvgIpc) is 2.77. The Balaban J connectivity index is 1.61. The van der Waals surface area contributed by atoms with Crippen LogP contribution in [0.1, 0.15) is 24.3 Å². The molecule has 0 amide bonds. The second kappa shape index (κ2) is 9.72. The van der Waals surface area contributed by atoms with Crippen LogP contribution in [0.4, 0.5) is 0 Å². The van der Waals surface area contributed by atoms with E-state index in [0.717, 1.165) is 16.0 Å². The van der Waals surface area contributed by atoms with Gasteiger partial charge in [0, 0.05) is 22.3 Å². The molecule has 31 heavy (non-hydrogen) atoms. The third-order valence-corrected chi connectivity index (χ3v) is 6.31. The molecule has 2 aromatic rings. The van der Waals surface area contributed by atoms with Crippen molar-refractivity contribution >= 4 is 17.7 Å². The molecule has 0 aromatic heterocycles. The van der Waals surface area contributed by atoms with Gasteiger partial charge in [0.1, 0.15) is 29.8 Å². The Kier molecular flexibility index (Phi) is 6.80. The predicted octanol–water partition coefficient (Wildman–Crippen LogP) is 4.54. The molecule has 2 aliphatic rings. The Morgan fingerprint density at radius 2 is 1.90 bits per heavy atom. The van der Waals surface area contributed by atoms with Gasteiger partial charge in [-0.15, -0.1) is 0 Å². The van der Waals surface area contributed by atoms with E-state index in [2.05, 4.69) is 10.0 Å². The maximum atomic E-state index is 11.9. The Bertz CT molecular complexity index is 951. The largest absolute Gasteiger partial charge is 0.459 e. The van der Waals surface area contributed by atoms with Crippen LogP contribution in [0.25, 0.3) is 10.4 Å². The monoisotopic (exact) mass is 441 g/mol. The van der Waals surface area contributed by atoms with Gasteiger partial charge in [-0.1, -0.05) is 64.9 Å². The van der Waals surface area contributed by atoms with Crippen LogP contribution < -0.4 is 0 Å². The summed E-state index contributed by atoms with van der Waals surface area (Å²) in [6, 6.07) is 16.7. The number of carbonyl (C=O) groups excluding carboxylic acids is 1. The molecule has 9 heteroatoms. The number of thioether (sulfide) groups is 1. The van der Waals surface area contributed by atoms with Crippen LogP contribution >= 0.6 is 11.8 Å². The maximum Gasteiger partial charge on any atom is 0.303 e.